The van der Waals surface area contributed by atoms with Gasteiger partial charge in [0, 0.05) is 31.5 Å². The van der Waals surface area contributed by atoms with Crippen LogP contribution in [0.2, 0.25) is 0 Å². The summed E-state index contributed by atoms with van der Waals surface area (Å²) in [5.41, 5.74) is -0.640. The van der Waals surface area contributed by atoms with Gasteiger partial charge in [0.2, 0.25) is 5.91 Å². The number of amides is 1. The first-order chi connectivity index (χ1) is 16.6. The SMILES string of the molecule is O=C(CCC(=O)N1CC[C@H](CC2CCC(O)(c3ccccc3)CC2)C1)c1cccc(C(F)(F)F)c1. The number of hydrogen-bond donors (Lipinski definition) is 1. The predicted octanol–water partition coefficient (Wildman–Crippen LogP) is 5.98. The molecule has 1 saturated heterocycles. The van der Waals surface area contributed by atoms with Crippen molar-refractivity contribution in [3.63, 3.8) is 0 Å². The van der Waals surface area contributed by atoms with E-state index in [2.05, 4.69) is 0 Å². The van der Waals surface area contributed by atoms with Crippen LogP contribution in [-0.4, -0.2) is 34.8 Å². The van der Waals surface area contributed by atoms with Crippen LogP contribution in [-0.2, 0) is 16.6 Å². The lowest BCUT2D eigenvalue weighted by Gasteiger charge is -2.37. The molecule has 0 bridgehead atoms. The molecule has 1 aliphatic heterocycles. The molecule has 2 fully saturated rings. The molecule has 35 heavy (non-hydrogen) atoms. The molecular weight excluding hydrogens is 455 g/mol. The molecule has 4 rings (SSSR count). The molecule has 1 aliphatic carbocycles. The van der Waals surface area contributed by atoms with Crippen molar-refractivity contribution < 1.29 is 27.9 Å². The average Bonchev–Trinajstić information content (AvgIpc) is 3.32. The van der Waals surface area contributed by atoms with Crippen LogP contribution in [0.1, 0.15) is 72.9 Å². The molecule has 0 unspecified atom stereocenters. The van der Waals surface area contributed by atoms with Crippen molar-refractivity contribution in [3.8, 4) is 0 Å². The van der Waals surface area contributed by atoms with Crippen LogP contribution in [0.4, 0.5) is 13.2 Å². The topological polar surface area (TPSA) is 57.6 Å². The van der Waals surface area contributed by atoms with Crippen LogP contribution in [0, 0.1) is 11.8 Å². The molecule has 0 aromatic heterocycles. The molecule has 1 amide bonds. The average molecular weight is 488 g/mol. The molecular formula is C28H32F3NO3. The molecule has 1 atom stereocenters. The van der Waals surface area contributed by atoms with E-state index in [0.717, 1.165) is 56.2 Å². The third kappa shape index (κ3) is 6.31. The fourth-order valence-electron chi connectivity index (χ4n) is 5.54. The highest BCUT2D eigenvalue weighted by Gasteiger charge is 2.36. The smallest absolute Gasteiger partial charge is 0.385 e. The van der Waals surface area contributed by atoms with E-state index in [0.29, 0.717) is 24.9 Å². The molecule has 2 aromatic rings. The van der Waals surface area contributed by atoms with Gasteiger partial charge in [0.05, 0.1) is 11.2 Å². The lowest BCUT2D eigenvalue weighted by Crippen LogP contribution is -2.32. The van der Waals surface area contributed by atoms with Crippen LogP contribution < -0.4 is 0 Å². The second-order valence-corrected chi connectivity index (χ2v) is 10.1. The highest BCUT2D eigenvalue weighted by Crippen LogP contribution is 2.42. The number of Topliss-reactive ketones (excluding diaryl/α,β-unsaturated/α-hetero) is 1. The second kappa shape index (κ2) is 10.5. The van der Waals surface area contributed by atoms with Crippen molar-refractivity contribution in [2.45, 2.75) is 63.1 Å². The summed E-state index contributed by atoms with van der Waals surface area (Å²) in [5, 5.41) is 11.0. The number of hydrogen-bond acceptors (Lipinski definition) is 3. The van der Waals surface area contributed by atoms with E-state index in [-0.39, 0.29) is 24.3 Å². The van der Waals surface area contributed by atoms with Crippen molar-refractivity contribution in [1.82, 2.24) is 4.90 Å². The maximum atomic E-state index is 12.9. The maximum absolute atomic E-state index is 12.9. The van der Waals surface area contributed by atoms with Crippen molar-refractivity contribution in [2.24, 2.45) is 11.8 Å². The Labute approximate surface area is 204 Å². The minimum Gasteiger partial charge on any atom is -0.385 e. The Morgan fingerprint density at radius 2 is 1.66 bits per heavy atom. The summed E-state index contributed by atoms with van der Waals surface area (Å²) in [6, 6.07) is 14.2. The number of carbonyl (C=O) groups is 2. The first kappa shape index (κ1) is 25.4. The number of rotatable bonds is 7. The zero-order chi connectivity index (χ0) is 25.1. The van der Waals surface area contributed by atoms with Gasteiger partial charge >= 0.3 is 6.18 Å². The number of likely N-dealkylation sites (tertiary alicyclic amines) is 1. The molecule has 188 valence electrons. The Bertz CT molecular complexity index is 1030. The van der Waals surface area contributed by atoms with Crippen molar-refractivity contribution in [2.75, 3.05) is 13.1 Å². The van der Waals surface area contributed by atoms with E-state index in [9.17, 15) is 27.9 Å². The summed E-state index contributed by atoms with van der Waals surface area (Å²) in [7, 11) is 0. The van der Waals surface area contributed by atoms with Crippen LogP contribution in [0.5, 0.6) is 0 Å². The number of ketones is 1. The number of benzene rings is 2. The van der Waals surface area contributed by atoms with E-state index in [1.165, 1.54) is 12.1 Å². The summed E-state index contributed by atoms with van der Waals surface area (Å²) in [5.74, 6) is 0.371. The highest BCUT2D eigenvalue weighted by atomic mass is 19.4. The predicted molar refractivity (Wildman–Crippen MR) is 127 cm³/mol. The van der Waals surface area contributed by atoms with Gasteiger partial charge in [-0.3, -0.25) is 9.59 Å². The standard InChI is InChI=1S/C28H32F3NO3/c29-28(30,31)24-8-4-5-22(18-24)25(33)9-10-26(34)32-16-13-21(19-32)17-20-11-14-27(35,15-12-20)23-6-2-1-3-7-23/h1-8,18,20-21,35H,9-17,19H2/t20?,21-,27?/m1/s1. The zero-order valence-corrected chi connectivity index (χ0v) is 19.8. The molecule has 0 radical (unpaired) electrons. The van der Waals surface area contributed by atoms with E-state index in [1.807, 2.05) is 30.3 Å². The number of aliphatic hydroxyl groups is 1. The molecule has 1 saturated carbocycles. The van der Waals surface area contributed by atoms with Gasteiger partial charge in [0.1, 0.15) is 0 Å². The molecule has 1 N–H and O–H groups in total. The monoisotopic (exact) mass is 487 g/mol. The largest absolute Gasteiger partial charge is 0.416 e. The fourth-order valence-corrected chi connectivity index (χ4v) is 5.54. The number of alkyl halides is 3. The molecule has 7 heteroatoms. The Morgan fingerprint density at radius 3 is 2.34 bits per heavy atom. The van der Waals surface area contributed by atoms with Gasteiger partial charge in [0.15, 0.2) is 5.78 Å². The van der Waals surface area contributed by atoms with E-state index < -0.39 is 23.1 Å². The van der Waals surface area contributed by atoms with Gasteiger partial charge < -0.3 is 10.0 Å². The Balaban J connectivity index is 1.21. The molecule has 2 aliphatic rings. The molecule has 1 heterocycles. The van der Waals surface area contributed by atoms with Crippen LogP contribution in [0.3, 0.4) is 0 Å². The zero-order valence-electron chi connectivity index (χ0n) is 19.8. The number of halogens is 3. The second-order valence-electron chi connectivity index (χ2n) is 10.1. The molecule has 2 aromatic carbocycles. The van der Waals surface area contributed by atoms with Crippen LogP contribution in [0.25, 0.3) is 0 Å². The highest BCUT2D eigenvalue weighted by molar-refractivity contribution is 5.98. The van der Waals surface area contributed by atoms with Gasteiger partial charge in [0.25, 0.3) is 0 Å². The molecule has 4 nitrogen and oxygen atoms in total. The first-order valence-electron chi connectivity index (χ1n) is 12.4. The number of nitrogens with zero attached hydrogens (tertiary/aromatic N) is 1. The first-order valence-corrected chi connectivity index (χ1v) is 12.4. The Morgan fingerprint density at radius 1 is 0.943 bits per heavy atom. The number of carbonyl (C=O) groups excluding carboxylic acids is 2. The minimum atomic E-state index is -4.50. The third-order valence-electron chi connectivity index (χ3n) is 7.63. The Kier molecular flexibility index (Phi) is 7.64. The summed E-state index contributed by atoms with van der Waals surface area (Å²) in [6.07, 6.45) is 0.767. The summed E-state index contributed by atoms with van der Waals surface area (Å²) in [6.45, 7) is 1.32. The van der Waals surface area contributed by atoms with E-state index in [1.54, 1.807) is 4.90 Å². The minimum absolute atomic E-state index is 0.00926. The molecule has 0 spiro atoms. The van der Waals surface area contributed by atoms with Crippen molar-refractivity contribution in [3.05, 3.63) is 71.3 Å². The van der Waals surface area contributed by atoms with Gasteiger partial charge in [-0.1, -0.05) is 42.5 Å². The van der Waals surface area contributed by atoms with Gasteiger partial charge in [-0.05, 0) is 68.1 Å². The van der Waals surface area contributed by atoms with Gasteiger partial charge in [-0.2, -0.15) is 13.2 Å². The lowest BCUT2D eigenvalue weighted by molar-refractivity contribution is -0.137. The Hall–Kier alpha value is -2.67. The summed E-state index contributed by atoms with van der Waals surface area (Å²) < 4.78 is 38.7. The fraction of sp³-hybridized carbons (Fsp3) is 0.500. The summed E-state index contributed by atoms with van der Waals surface area (Å²) >= 11 is 0. The van der Waals surface area contributed by atoms with Gasteiger partial charge in [-0.25, -0.2) is 0 Å². The maximum Gasteiger partial charge on any atom is 0.416 e. The normalized spacial score (nSPS) is 25.0. The van der Waals surface area contributed by atoms with Crippen molar-refractivity contribution in [1.29, 1.82) is 0 Å². The lowest BCUT2D eigenvalue weighted by atomic mass is 9.73. The van der Waals surface area contributed by atoms with Crippen molar-refractivity contribution >= 4 is 11.7 Å². The van der Waals surface area contributed by atoms with Gasteiger partial charge in [-0.15, -0.1) is 0 Å². The van der Waals surface area contributed by atoms with Crippen LogP contribution >= 0.6 is 0 Å². The third-order valence-corrected chi connectivity index (χ3v) is 7.63. The van der Waals surface area contributed by atoms with Crippen LogP contribution in [0.15, 0.2) is 54.6 Å². The summed E-state index contributed by atoms with van der Waals surface area (Å²) in [4.78, 5) is 26.8. The van der Waals surface area contributed by atoms with E-state index >= 15 is 0 Å². The van der Waals surface area contributed by atoms with E-state index in [4.69, 9.17) is 0 Å². The quantitative estimate of drug-likeness (QED) is 0.489.